The van der Waals surface area contributed by atoms with Gasteiger partial charge in [-0.25, -0.2) is 0 Å². The molecule has 0 aromatic carbocycles. The molecular formula is C17H35NO2. The first-order valence-electron chi connectivity index (χ1n) is 7.70. The van der Waals surface area contributed by atoms with Gasteiger partial charge in [-0.3, -0.25) is 4.79 Å². The van der Waals surface area contributed by atoms with Gasteiger partial charge >= 0.3 is 0 Å². The summed E-state index contributed by atoms with van der Waals surface area (Å²) in [6.07, 6.45) is 1.78. The summed E-state index contributed by atoms with van der Waals surface area (Å²) in [5, 5.41) is 3.05. The molecule has 0 rings (SSSR count). The molecule has 1 amide bonds. The Balaban J connectivity index is 3.97. The Kier molecular flexibility index (Phi) is 7.23. The molecule has 1 N–H and O–H groups in total. The highest BCUT2D eigenvalue weighted by Gasteiger charge is 2.27. The van der Waals surface area contributed by atoms with Crippen LogP contribution in [0.25, 0.3) is 0 Å². The van der Waals surface area contributed by atoms with Crippen molar-refractivity contribution in [1.29, 1.82) is 0 Å². The number of carbonyl (C=O) groups is 1. The van der Waals surface area contributed by atoms with Crippen LogP contribution < -0.4 is 5.32 Å². The average Bonchev–Trinajstić information content (AvgIpc) is 2.22. The van der Waals surface area contributed by atoms with E-state index in [9.17, 15) is 4.79 Å². The molecule has 0 fully saturated rings. The standard InChI is InChI=1S/C17H35NO2/c1-15(2,3)12-18-14(19)17(7,8)10-9-11-20-13-16(4,5)6/h9-13H2,1-8H3,(H,18,19). The van der Waals surface area contributed by atoms with Gasteiger partial charge in [0.25, 0.3) is 0 Å². The average molecular weight is 285 g/mol. The Morgan fingerprint density at radius 1 is 0.950 bits per heavy atom. The zero-order valence-corrected chi connectivity index (χ0v) is 14.9. The molecule has 3 heteroatoms. The van der Waals surface area contributed by atoms with Gasteiger partial charge in [0.1, 0.15) is 0 Å². The predicted octanol–water partition coefficient (Wildman–Crippen LogP) is 4.02. The summed E-state index contributed by atoms with van der Waals surface area (Å²) in [6.45, 7) is 19.1. The van der Waals surface area contributed by atoms with Gasteiger partial charge in [-0.2, -0.15) is 0 Å². The van der Waals surface area contributed by atoms with Crippen LogP contribution in [0.5, 0.6) is 0 Å². The smallest absolute Gasteiger partial charge is 0.225 e. The summed E-state index contributed by atoms with van der Waals surface area (Å²) in [5.41, 5.74) is 0.0114. The Labute approximate surface area is 125 Å². The highest BCUT2D eigenvalue weighted by atomic mass is 16.5. The van der Waals surface area contributed by atoms with Gasteiger partial charge in [-0.1, -0.05) is 55.4 Å². The molecule has 0 heterocycles. The number of amides is 1. The summed E-state index contributed by atoms with van der Waals surface area (Å²) in [6, 6.07) is 0. The van der Waals surface area contributed by atoms with Crippen molar-refractivity contribution < 1.29 is 9.53 Å². The van der Waals surface area contributed by atoms with Crippen molar-refractivity contribution in [3.05, 3.63) is 0 Å². The Morgan fingerprint density at radius 2 is 1.50 bits per heavy atom. The van der Waals surface area contributed by atoms with Crippen LogP contribution in [0.2, 0.25) is 0 Å². The third-order valence-electron chi connectivity index (χ3n) is 3.02. The molecule has 20 heavy (non-hydrogen) atoms. The van der Waals surface area contributed by atoms with Crippen molar-refractivity contribution in [2.24, 2.45) is 16.2 Å². The quantitative estimate of drug-likeness (QED) is 0.718. The van der Waals surface area contributed by atoms with Crippen LogP contribution in [-0.2, 0) is 9.53 Å². The first kappa shape index (κ1) is 19.4. The van der Waals surface area contributed by atoms with Crippen molar-refractivity contribution in [2.75, 3.05) is 19.8 Å². The minimum absolute atomic E-state index is 0.127. The van der Waals surface area contributed by atoms with Crippen LogP contribution >= 0.6 is 0 Å². The van der Waals surface area contributed by atoms with E-state index in [1.807, 2.05) is 13.8 Å². The van der Waals surface area contributed by atoms with Gasteiger partial charge in [-0.15, -0.1) is 0 Å². The Hall–Kier alpha value is -0.570. The lowest BCUT2D eigenvalue weighted by atomic mass is 9.86. The van der Waals surface area contributed by atoms with Crippen molar-refractivity contribution in [1.82, 2.24) is 5.32 Å². The molecule has 0 aliphatic rings. The van der Waals surface area contributed by atoms with E-state index in [1.165, 1.54) is 0 Å². The van der Waals surface area contributed by atoms with Gasteiger partial charge in [0.15, 0.2) is 0 Å². The van der Waals surface area contributed by atoms with E-state index in [0.717, 1.165) is 32.6 Å². The van der Waals surface area contributed by atoms with Crippen LogP contribution in [-0.4, -0.2) is 25.7 Å². The second kappa shape index (κ2) is 7.44. The molecule has 0 radical (unpaired) electrons. The molecule has 0 saturated heterocycles. The van der Waals surface area contributed by atoms with Crippen LogP contribution in [0.3, 0.4) is 0 Å². The third-order valence-corrected chi connectivity index (χ3v) is 3.02. The van der Waals surface area contributed by atoms with E-state index in [2.05, 4.69) is 46.9 Å². The Morgan fingerprint density at radius 3 is 1.95 bits per heavy atom. The maximum absolute atomic E-state index is 12.2. The Bertz CT molecular complexity index is 295. The van der Waals surface area contributed by atoms with E-state index in [4.69, 9.17) is 4.74 Å². The van der Waals surface area contributed by atoms with Gasteiger partial charge in [0.05, 0.1) is 6.61 Å². The lowest BCUT2D eigenvalue weighted by molar-refractivity contribution is -0.130. The lowest BCUT2D eigenvalue weighted by Crippen LogP contribution is -2.41. The molecule has 0 bridgehead atoms. The van der Waals surface area contributed by atoms with E-state index in [1.54, 1.807) is 0 Å². The van der Waals surface area contributed by atoms with Gasteiger partial charge < -0.3 is 10.1 Å². The zero-order chi connectivity index (χ0) is 16.0. The maximum atomic E-state index is 12.2. The largest absolute Gasteiger partial charge is 0.381 e. The maximum Gasteiger partial charge on any atom is 0.225 e. The zero-order valence-electron chi connectivity index (χ0n) is 14.9. The van der Waals surface area contributed by atoms with E-state index < -0.39 is 0 Å². The summed E-state index contributed by atoms with van der Waals surface area (Å²) < 4.78 is 5.66. The first-order valence-corrected chi connectivity index (χ1v) is 7.70. The number of nitrogens with one attached hydrogen (secondary N) is 1. The summed E-state index contributed by atoms with van der Waals surface area (Å²) in [5.74, 6) is 0.142. The number of hydrogen-bond donors (Lipinski definition) is 1. The fourth-order valence-electron chi connectivity index (χ4n) is 1.69. The molecule has 0 aromatic rings. The topological polar surface area (TPSA) is 38.3 Å². The number of carbonyl (C=O) groups excluding carboxylic acids is 1. The second-order valence-electron chi connectivity index (χ2n) is 8.84. The number of ether oxygens (including phenoxy) is 1. The van der Waals surface area contributed by atoms with Crippen molar-refractivity contribution >= 4 is 5.91 Å². The van der Waals surface area contributed by atoms with Crippen molar-refractivity contribution in [2.45, 2.75) is 68.2 Å². The molecule has 0 aliphatic heterocycles. The molecule has 0 unspecified atom stereocenters. The van der Waals surface area contributed by atoms with Crippen LogP contribution in [0.15, 0.2) is 0 Å². The monoisotopic (exact) mass is 285 g/mol. The number of rotatable bonds is 7. The molecule has 120 valence electrons. The van der Waals surface area contributed by atoms with Gasteiger partial charge in [-0.05, 0) is 23.7 Å². The first-order chi connectivity index (χ1) is 8.83. The lowest BCUT2D eigenvalue weighted by Gasteiger charge is -2.27. The molecule has 0 aliphatic carbocycles. The minimum Gasteiger partial charge on any atom is -0.381 e. The van der Waals surface area contributed by atoms with E-state index >= 15 is 0 Å². The van der Waals surface area contributed by atoms with Crippen LogP contribution in [0.4, 0.5) is 0 Å². The molecule has 3 nitrogen and oxygen atoms in total. The summed E-state index contributed by atoms with van der Waals surface area (Å²) in [4.78, 5) is 12.2. The molecule has 0 saturated carbocycles. The number of hydrogen-bond acceptors (Lipinski definition) is 2. The van der Waals surface area contributed by atoms with Crippen molar-refractivity contribution in [3.8, 4) is 0 Å². The van der Waals surface area contributed by atoms with Crippen LogP contribution in [0.1, 0.15) is 68.2 Å². The van der Waals surface area contributed by atoms with Gasteiger partial charge in [0.2, 0.25) is 5.91 Å². The molecular weight excluding hydrogens is 250 g/mol. The summed E-state index contributed by atoms with van der Waals surface area (Å²) >= 11 is 0. The fraction of sp³-hybridized carbons (Fsp3) is 0.941. The third kappa shape index (κ3) is 10.2. The highest BCUT2D eigenvalue weighted by Crippen LogP contribution is 2.23. The highest BCUT2D eigenvalue weighted by molar-refractivity contribution is 5.81. The second-order valence-corrected chi connectivity index (χ2v) is 8.84. The van der Waals surface area contributed by atoms with E-state index in [0.29, 0.717) is 0 Å². The predicted molar refractivity (Wildman–Crippen MR) is 85.8 cm³/mol. The van der Waals surface area contributed by atoms with E-state index in [-0.39, 0.29) is 22.2 Å². The molecule has 0 atom stereocenters. The minimum atomic E-state index is -0.323. The fourth-order valence-corrected chi connectivity index (χ4v) is 1.69. The molecule has 0 aromatic heterocycles. The summed E-state index contributed by atoms with van der Waals surface area (Å²) in [7, 11) is 0. The SMILES string of the molecule is CC(C)(C)CNC(=O)C(C)(C)CCCOCC(C)(C)C. The van der Waals surface area contributed by atoms with Crippen molar-refractivity contribution in [3.63, 3.8) is 0 Å². The van der Waals surface area contributed by atoms with Crippen LogP contribution in [0, 0.1) is 16.2 Å². The normalized spacial score (nSPS) is 13.4. The molecule has 0 spiro atoms. The van der Waals surface area contributed by atoms with Gasteiger partial charge in [0, 0.05) is 18.6 Å².